The summed E-state index contributed by atoms with van der Waals surface area (Å²) in [6.45, 7) is 3.30. The summed E-state index contributed by atoms with van der Waals surface area (Å²) in [4.78, 5) is 13.1. The highest BCUT2D eigenvalue weighted by Crippen LogP contribution is 2.12. The van der Waals surface area contributed by atoms with Crippen molar-refractivity contribution in [3.05, 3.63) is 35.4 Å². The van der Waals surface area contributed by atoms with Gasteiger partial charge in [0.2, 0.25) is 5.91 Å². The number of rotatable bonds is 4. The maximum atomic E-state index is 13.4. The SMILES string of the molecule is CN(CC(C)(C)O)C(=O)Cc1ccc(F)cc1F. The molecule has 3 nitrogen and oxygen atoms in total. The quantitative estimate of drug-likeness (QED) is 0.892. The standard InChI is InChI=1S/C13H17F2NO2/c1-13(2,18)8-16(3)12(17)6-9-4-5-10(14)7-11(9)15/h4-5,7,18H,6,8H2,1-3H3. The fourth-order valence-electron chi connectivity index (χ4n) is 1.63. The number of likely N-dealkylation sites (N-methyl/N-ethyl adjacent to an activating group) is 1. The first-order valence-electron chi connectivity index (χ1n) is 5.59. The van der Waals surface area contributed by atoms with Crippen molar-refractivity contribution in [1.82, 2.24) is 4.90 Å². The van der Waals surface area contributed by atoms with Gasteiger partial charge in [0.05, 0.1) is 12.0 Å². The Morgan fingerprint density at radius 2 is 2.00 bits per heavy atom. The van der Waals surface area contributed by atoms with E-state index in [4.69, 9.17) is 0 Å². The number of hydrogen-bond acceptors (Lipinski definition) is 2. The molecule has 0 heterocycles. The summed E-state index contributed by atoms with van der Waals surface area (Å²) in [5, 5.41) is 9.58. The van der Waals surface area contributed by atoms with E-state index in [1.54, 1.807) is 13.8 Å². The van der Waals surface area contributed by atoms with Crippen LogP contribution in [0.2, 0.25) is 0 Å². The molecule has 0 aromatic heterocycles. The van der Waals surface area contributed by atoms with Gasteiger partial charge in [-0.05, 0) is 25.5 Å². The molecule has 0 unspecified atom stereocenters. The Balaban J connectivity index is 2.70. The highest BCUT2D eigenvalue weighted by Gasteiger charge is 2.20. The molecule has 0 bridgehead atoms. The normalized spacial score (nSPS) is 11.4. The number of amides is 1. The van der Waals surface area contributed by atoms with Gasteiger partial charge >= 0.3 is 0 Å². The third-order valence-corrected chi connectivity index (χ3v) is 2.41. The summed E-state index contributed by atoms with van der Waals surface area (Å²) in [5.41, 5.74) is -0.866. The largest absolute Gasteiger partial charge is 0.389 e. The van der Waals surface area contributed by atoms with Crippen molar-refractivity contribution in [3.8, 4) is 0 Å². The second kappa shape index (κ2) is 5.44. The smallest absolute Gasteiger partial charge is 0.226 e. The highest BCUT2D eigenvalue weighted by molar-refractivity contribution is 5.78. The lowest BCUT2D eigenvalue weighted by Crippen LogP contribution is -2.40. The van der Waals surface area contributed by atoms with Gasteiger partial charge in [-0.1, -0.05) is 6.07 Å². The predicted octanol–water partition coefficient (Wildman–Crippen LogP) is 1.74. The zero-order valence-corrected chi connectivity index (χ0v) is 10.7. The number of benzene rings is 1. The maximum absolute atomic E-state index is 13.4. The number of carbonyl (C=O) groups is 1. The Kier molecular flexibility index (Phi) is 4.40. The van der Waals surface area contributed by atoms with Crippen molar-refractivity contribution in [1.29, 1.82) is 0 Å². The Morgan fingerprint density at radius 1 is 1.39 bits per heavy atom. The van der Waals surface area contributed by atoms with E-state index in [1.165, 1.54) is 18.0 Å². The molecule has 5 heteroatoms. The average Bonchev–Trinajstić information content (AvgIpc) is 2.19. The molecule has 1 N–H and O–H groups in total. The van der Waals surface area contributed by atoms with Crippen LogP contribution in [0, 0.1) is 11.6 Å². The van der Waals surface area contributed by atoms with Gasteiger partial charge in [-0.25, -0.2) is 8.78 Å². The molecule has 0 spiro atoms. The molecule has 0 atom stereocenters. The Morgan fingerprint density at radius 3 is 2.50 bits per heavy atom. The van der Waals surface area contributed by atoms with Crippen LogP contribution in [0.4, 0.5) is 8.78 Å². The third-order valence-electron chi connectivity index (χ3n) is 2.41. The van der Waals surface area contributed by atoms with Crippen LogP contribution in [0.1, 0.15) is 19.4 Å². The van der Waals surface area contributed by atoms with Crippen LogP contribution < -0.4 is 0 Å². The molecule has 1 amide bonds. The number of carbonyl (C=O) groups excluding carboxylic acids is 1. The molecule has 1 rings (SSSR count). The van der Waals surface area contributed by atoms with Gasteiger partial charge in [0.25, 0.3) is 0 Å². The fraction of sp³-hybridized carbons (Fsp3) is 0.462. The minimum absolute atomic E-state index is 0.143. The zero-order valence-electron chi connectivity index (χ0n) is 10.7. The maximum Gasteiger partial charge on any atom is 0.226 e. The van der Waals surface area contributed by atoms with Crippen molar-refractivity contribution in [2.75, 3.05) is 13.6 Å². The van der Waals surface area contributed by atoms with E-state index >= 15 is 0 Å². The van der Waals surface area contributed by atoms with Gasteiger partial charge in [-0.3, -0.25) is 4.79 Å². The van der Waals surface area contributed by atoms with Crippen LogP contribution in [0.3, 0.4) is 0 Å². The molecular formula is C13H17F2NO2. The van der Waals surface area contributed by atoms with Crippen LogP contribution in [0.15, 0.2) is 18.2 Å². The monoisotopic (exact) mass is 257 g/mol. The van der Waals surface area contributed by atoms with E-state index in [-0.39, 0.29) is 24.4 Å². The summed E-state index contributed by atoms with van der Waals surface area (Å²) in [7, 11) is 1.53. The van der Waals surface area contributed by atoms with Crippen LogP contribution in [0.5, 0.6) is 0 Å². The summed E-state index contributed by atoms with van der Waals surface area (Å²) in [5.74, 6) is -1.74. The number of halogens is 2. The Hall–Kier alpha value is -1.49. The van der Waals surface area contributed by atoms with Gasteiger partial charge in [0.1, 0.15) is 11.6 Å². The molecule has 0 saturated heterocycles. The molecule has 18 heavy (non-hydrogen) atoms. The van der Waals surface area contributed by atoms with Crippen molar-refractivity contribution >= 4 is 5.91 Å². The number of nitrogens with zero attached hydrogens (tertiary/aromatic N) is 1. The molecule has 0 aliphatic rings. The zero-order chi connectivity index (χ0) is 13.9. The summed E-state index contributed by atoms with van der Waals surface area (Å²) < 4.78 is 26.0. The molecule has 1 aromatic carbocycles. The Bertz CT molecular complexity index is 441. The van der Waals surface area contributed by atoms with E-state index in [9.17, 15) is 18.7 Å². The van der Waals surface area contributed by atoms with E-state index in [0.29, 0.717) is 0 Å². The van der Waals surface area contributed by atoms with E-state index in [0.717, 1.165) is 12.1 Å². The summed E-state index contributed by atoms with van der Waals surface area (Å²) >= 11 is 0. The number of aliphatic hydroxyl groups is 1. The van der Waals surface area contributed by atoms with Crippen molar-refractivity contribution in [2.45, 2.75) is 25.9 Å². The fourth-order valence-corrected chi connectivity index (χ4v) is 1.63. The molecule has 0 saturated carbocycles. The van der Waals surface area contributed by atoms with E-state index < -0.39 is 17.2 Å². The molecule has 0 radical (unpaired) electrons. The topological polar surface area (TPSA) is 40.5 Å². The first-order valence-corrected chi connectivity index (χ1v) is 5.59. The third kappa shape index (κ3) is 4.41. The lowest BCUT2D eigenvalue weighted by molar-refractivity contribution is -0.131. The minimum Gasteiger partial charge on any atom is -0.389 e. The second-order valence-corrected chi connectivity index (χ2v) is 4.97. The lowest BCUT2D eigenvalue weighted by Gasteiger charge is -2.25. The van der Waals surface area contributed by atoms with E-state index in [2.05, 4.69) is 0 Å². The minimum atomic E-state index is -1.01. The molecule has 0 aliphatic carbocycles. The average molecular weight is 257 g/mol. The van der Waals surface area contributed by atoms with Crippen LogP contribution in [0.25, 0.3) is 0 Å². The van der Waals surface area contributed by atoms with E-state index in [1.807, 2.05) is 0 Å². The summed E-state index contributed by atoms with van der Waals surface area (Å²) in [6.07, 6.45) is -0.154. The molecule has 100 valence electrons. The van der Waals surface area contributed by atoms with Crippen molar-refractivity contribution < 1.29 is 18.7 Å². The van der Waals surface area contributed by atoms with Gasteiger partial charge in [0, 0.05) is 19.7 Å². The Labute approximate surface area is 105 Å². The predicted molar refractivity (Wildman–Crippen MR) is 64.0 cm³/mol. The first kappa shape index (κ1) is 14.6. The molecule has 0 aliphatic heterocycles. The number of hydrogen-bond donors (Lipinski definition) is 1. The first-order chi connectivity index (χ1) is 8.19. The van der Waals surface area contributed by atoms with Crippen LogP contribution in [-0.2, 0) is 11.2 Å². The lowest BCUT2D eigenvalue weighted by atomic mass is 10.1. The molecule has 1 aromatic rings. The van der Waals surface area contributed by atoms with Crippen molar-refractivity contribution in [3.63, 3.8) is 0 Å². The van der Waals surface area contributed by atoms with Gasteiger partial charge < -0.3 is 10.0 Å². The molecular weight excluding hydrogens is 240 g/mol. The van der Waals surface area contributed by atoms with Gasteiger partial charge in [-0.2, -0.15) is 0 Å². The second-order valence-electron chi connectivity index (χ2n) is 4.97. The molecule has 0 fully saturated rings. The van der Waals surface area contributed by atoms with Crippen LogP contribution >= 0.6 is 0 Å². The highest BCUT2D eigenvalue weighted by atomic mass is 19.1. The van der Waals surface area contributed by atoms with Crippen molar-refractivity contribution in [2.24, 2.45) is 0 Å². The van der Waals surface area contributed by atoms with Crippen LogP contribution in [-0.4, -0.2) is 35.1 Å². The van der Waals surface area contributed by atoms with Gasteiger partial charge in [-0.15, -0.1) is 0 Å². The summed E-state index contributed by atoms with van der Waals surface area (Å²) in [6, 6.07) is 3.11. The van der Waals surface area contributed by atoms with Gasteiger partial charge in [0.15, 0.2) is 0 Å².